The van der Waals surface area contributed by atoms with Gasteiger partial charge in [-0.3, -0.25) is 0 Å². The molecule has 0 aliphatic carbocycles. The van der Waals surface area contributed by atoms with Crippen molar-refractivity contribution in [1.29, 1.82) is 0 Å². The zero-order chi connectivity index (χ0) is 34.9. The third-order valence-electron chi connectivity index (χ3n) is 8.75. The fraction of sp³-hybridized carbons (Fsp3) is 0.195. The molecule has 0 fully saturated rings. The number of nitrogens with zero attached hydrogens (tertiary/aromatic N) is 1. The highest BCUT2D eigenvalue weighted by Crippen LogP contribution is 2.37. The van der Waals surface area contributed by atoms with Gasteiger partial charge in [0.2, 0.25) is 10.0 Å². The van der Waals surface area contributed by atoms with Crippen LogP contribution in [0.1, 0.15) is 44.3 Å². The molecule has 0 radical (unpaired) electrons. The maximum absolute atomic E-state index is 13.2. The standard InChI is InChI=1S/C41H39ClN2O5S/c1-48-41(45)33-17-20-35(21-18-33)49-27-24-36-37-29-34(42)19-22-38(37)44(40(31-13-7-3-8-14-31)32-15-9-4-10-16-32)39(36)23-26-43-50(46,47)28-25-30-11-5-2-6-12-30/h2-22,29,40,43H,23-28H2,1H3. The minimum atomic E-state index is -3.54. The number of methoxy groups -OCH3 is 1. The fourth-order valence-electron chi connectivity index (χ4n) is 6.38. The Labute approximate surface area is 298 Å². The van der Waals surface area contributed by atoms with Crippen molar-refractivity contribution >= 4 is 38.5 Å². The van der Waals surface area contributed by atoms with Crippen molar-refractivity contribution < 1.29 is 22.7 Å². The van der Waals surface area contributed by atoms with Crippen LogP contribution < -0.4 is 9.46 Å². The number of hydrogen-bond donors (Lipinski definition) is 1. The van der Waals surface area contributed by atoms with Crippen LogP contribution >= 0.6 is 11.6 Å². The molecule has 1 N–H and O–H groups in total. The van der Waals surface area contributed by atoms with Gasteiger partial charge in [0.1, 0.15) is 5.75 Å². The fourth-order valence-corrected chi connectivity index (χ4v) is 7.62. The number of carbonyl (C=O) groups excluding carboxylic acids is 1. The number of sulfonamides is 1. The maximum Gasteiger partial charge on any atom is 0.337 e. The lowest BCUT2D eigenvalue weighted by molar-refractivity contribution is 0.0600. The Morgan fingerprint density at radius 1 is 0.780 bits per heavy atom. The van der Waals surface area contributed by atoms with Crippen LogP contribution in [0.3, 0.4) is 0 Å². The van der Waals surface area contributed by atoms with E-state index in [4.69, 9.17) is 21.1 Å². The van der Waals surface area contributed by atoms with Crippen LogP contribution in [0.15, 0.2) is 133 Å². The number of rotatable bonds is 15. The van der Waals surface area contributed by atoms with Gasteiger partial charge < -0.3 is 14.0 Å². The third kappa shape index (κ3) is 8.45. The lowest BCUT2D eigenvalue weighted by Gasteiger charge is -2.25. The number of nitrogens with one attached hydrogen (secondary N) is 1. The number of esters is 1. The second-order valence-electron chi connectivity index (χ2n) is 12.0. The van der Waals surface area contributed by atoms with Gasteiger partial charge in [-0.15, -0.1) is 0 Å². The van der Waals surface area contributed by atoms with Crippen LogP contribution in [0, 0.1) is 0 Å². The van der Waals surface area contributed by atoms with Gasteiger partial charge >= 0.3 is 5.97 Å². The highest BCUT2D eigenvalue weighted by molar-refractivity contribution is 7.89. The normalized spacial score (nSPS) is 11.6. The summed E-state index contributed by atoms with van der Waals surface area (Å²) in [7, 11) is -2.19. The van der Waals surface area contributed by atoms with E-state index >= 15 is 0 Å². The molecule has 9 heteroatoms. The summed E-state index contributed by atoms with van der Waals surface area (Å²) in [6.45, 7) is 0.570. The summed E-state index contributed by atoms with van der Waals surface area (Å²) in [5.74, 6) is 0.216. The average molecular weight is 707 g/mol. The molecule has 7 nitrogen and oxygen atoms in total. The Balaban J connectivity index is 1.37. The van der Waals surface area contributed by atoms with Crippen molar-refractivity contribution in [3.05, 3.63) is 172 Å². The van der Waals surface area contributed by atoms with Gasteiger partial charge in [0.05, 0.1) is 31.1 Å². The van der Waals surface area contributed by atoms with Crippen LogP contribution in [0.5, 0.6) is 5.75 Å². The molecule has 0 aliphatic heterocycles. The van der Waals surface area contributed by atoms with E-state index < -0.39 is 16.0 Å². The first-order valence-corrected chi connectivity index (χ1v) is 18.6. The van der Waals surface area contributed by atoms with Gasteiger partial charge in [-0.05, 0) is 71.1 Å². The second-order valence-corrected chi connectivity index (χ2v) is 14.4. The highest BCUT2D eigenvalue weighted by Gasteiger charge is 2.26. The summed E-state index contributed by atoms with van der Waals surface area (Å²) in [4.78, 5) is 11.9. The molecule has 0 saturated heterocycles. The minimum Gasteiger partial charge on any atom is -0.493 e. The predicted molar refractivity (Wildman–Crippen MR) is 200 cm³/mol. The molecule has 5 aromatic carbocycles. The summed E-state index contributed by atoms with van der Waals surface area (Å²) < 4.78 is 42.6. The zero-order valence-corrected chi connectivity index (χ0v) is 29.4. The van der Waals surface area contributed by atoms with E-state index in [0.717, 1.165) is 38.9 Å². The van der Waals surface area contributed by atoms with Crippen LogP contribution in [-0.2, 0) is 34.0 Å². The molecular weight excluding hydrogens is 668 g/mol. The van der Waals surface area contributed by atoms with Crippen molar-refractivity contribution in [2.45, 2.75) is 25.3 Å². The molecule has 1 aromatic heterocycles. The molecule has 6 aromatic rings. The summed E-state index contributed by atoms with van der Waals surface area (Å²) in [6, 6.07) is 42.8. The third-order valence-corrected chi connectivity index (χ3v) is 10.4. The van der Waals surface area contributed by atoms with Gasteiger partial charge in [0.15, 0.2) is 0 Å². The number of ether oxygens (including phenoxy) is 2. The molecule has 0 bridgehead atoms. The van der Waals surface area contributed by atoms with E-state index in [1.165, 1.54) is 7.11 Å². The summed E-state index contributed by atoms with van der Waals surface area (Å²) >= 11 is 6.63. The van der Waals surface area contributed by atoms with Crippen molar-refractivity contribution in [2.24, 2.45) is 0 Å². The Kier molecular flexibility index (Phi) is 11.3. The molecule has 256 valence electrons. The number of benzene rings is 5. The predicted octanol–water partition coefficient (Wildman–Crippen LogP) is 8.05. The lowest BCUT2D eigenvalue weighted by Crippen LogP contribution is -2.30. The quantitative estimate of drug-likeness (QED) is 0.109. The molecule has 50 heavy (non-hydrogen) atoms. The molecule has 6 rings (SSSR count). The zero-order valence-electron chi connectivity index (χ0n) is 27.8. The summed E-state index contributed by atoms with van der Waals surface area (Å²) in [5.41, 5.74) is 6.65. The lowest BCUT2D eigenvalue weighted by atomic mass is 9.97. The number of fused-ring (bicyclic) bond motifs is 1. The minimum absolute atomic E-state index is 0.00172. The van der Waals surface area contributed by atoms with Crippen molar-refractivity contribution in [3.8, 4) is 5.75 Å². The molecular formula is C41H39ClN2O5S. The van der Waals surface area contributed by atoms with Crippen molar-refractivity contribution in [2.75, 3.05) is 26.0 Å². The van der Waals surface area contributed by atoms with Gasteiger partial charge in [-0.1, -0.05) is 103 Å². The van der Waals surface area contributed by atoms with Gasteiger partial charge in [0.25, 0.3) is 0 Å². The van der Waals surface area contributed by atoms with E-state index in [9.17, 15) is 13.2 Å². The van der Waals surface area contributed by atoms with Crippen LogP contribution in [0.25, 0.3) is 10.9 Å². The molecule has 1 heterocycles. The highest BCUT2D eigenvalue weighted by atomic mass is 35.5. The Bertz CT molecular complexity index is 2100. The number of aryl methyl sites for hydroxylation is 1. The first kappa shape index (κ1) is 35.0. The van der Waals surface area contributed by atoms with Crippen LogP contribution in [0.2, 0.25) is 5.02 Å². The van der Waals surface area contributed by atoms with Crippen LogP contribution in [-0.4, -0.2) is 45.0 Å². The topological polar surface area (TPSA) is 86.6 Å². The van der Waals surface area contributed by atoms with E-state index in [-0.39, 0.29) is 18.3 Å². The first-order valence-electron chi connectivity index (χ1n) is 16.6. The monoisotopic (exact) mass is 706 g/mol. The van der Waals surface area contributed by atoms with Gasteiger partial charge in [-0.2, -0.15) is 0 Å². The Morgan fingerprint density at radius 3 is 2.02 bits per heavy atom. The first-order chi connectivity index (χ1) is 24.3. The number of aromatic nitrogens is 1. The van der Waals surface area contributed by atoms with E-state index in [1.807, 2.05) is 84.9 Å². The van der Waals surface area contributed by atoms with E-state index in [0.29, 0.717) is 42.2 Å². The maximum atomic E-state index is 13.2. The largest absolute Gasteiger partial charge is 0.493 e. The number of carbonyl (C=O) groups is 1. The molecule has 0 aliphatic rings. The summed E-state index contributed by atoms with van der Waals surface area (Å²) in [6.07, 6.45) is 1.41. The molecule has 0 amide bonds. The smallest absolute Gasteiger partial charge is 0.337 e. The number of hydrogen-bond acceptors (Lipinski definition) is 5. The van der Waals surface area contributed by atoms with Gasteiger partial charge in [0, 0.05) is 41.0 Å². The van der Waals surface area contributed by atoms with E-state index in [2.05, 4.69) is 33.6 Å². The molecule has 0 spiro atoms. The molecule has 0 unspecified atom stereocenters. The second kappa shape index (κ2) is 16.2. The Hall–Kier alpha value is -4.89. The van der Waals surface area contributed by atoms with Crippen LogP contribution in [0.4, 0.5) is 0 Å². The van der Waals surface area contributed by atoms with E-state index in [1.54, 1.807) is 24.3 Å². The average Bonchev–Trinajstić information content (AvgIpc) is 3.43. The van der Waals surface area contributed by atoms with Crippen molar-refractivity contribution in [3.63, 3.8) is 0 Å². The Morgan fingerprint density at radius 2 is 1.40 bits per heavy atom. The summed E-state index contributed by atoms with van der Waals surface area (Å²) in [5, 5.41) is 1.60. The molecule has 0 saturated carbocycles. The SMILES string of the molecule is COC(=O)c1ccc(OCCc2c(CCNS(=O)(=O)CCc3ccccc3)n(C(c3ccccc3)c3ccccc3)c3ccc(Cl)cc23)cc1. The number of halogens is 1. The molecule has 0 atom stereocenters. The van der Waals surface area contributed by atoms with Crippen molar-refractivity contribution in [1.82, 2.24) is 9.29 Å². The van der Waals surface area contributed by atoms with Gasteiger partial charge in [-0.25, -0.2) is 17.9 Å².